The number of rotatable bonds is 7. The van der Waals surface area contributed by atoms with Crippen molar-refractivity contribution in [3.05, 3.63) is 35.9 Å². The van der Waals surface area contributed by atoms with Gasteiger partial charge in [0.2, 0.25) is 6.79 Å². The normalized spacial score (nSPS) is 25.1. The van der Waals surface area contributed by atoms with Gasteiger partial charge in [-0.2, -0.15) is 8.42 Å². The minimum absolute atomic E-state index is 0.355. The van der Waals surface area contributed by atoms with E-state index in [4.69, 9.17) is 8.92 Å². The highest BCUT2D eigenvalue weighted by molar-refractivity contribution is 8.01. The minimum Gasteiger partial charge on any atom is -0.428 e. The number of fused-ring (bicyclic) bond motifs is 1. The lowest BCUT2D eigenvalue weighted by molar-refractivity contribution is -0.179. The van der Waals surface area contributed by atoms with E-state index >= 15 is 0 Å². The van der Waals surface area contributed by atoms with Gasteiger partial charge in [0, 0.05) is 11.7 Å². The molecule has 158 valence electrons. The summed E-state index contributed by atoms with van der Waals surface area (Å²) in [7, 11) is -4.00. The number of ether oxygens (including phenoxy) is 2. The zero-order chi connectivity index (χ0) is 21.4. The van der Waals surface area contributed by atoms with Crippen LogP contribution in [0.4, 0.5) is 0 Å². The van der Waals surface area contributed by atoms with Crippen molar-refractivity contribution in [1.29, 1.82) is 0 Å². The van der Waals surface area contributed by atoms with Gasteiger partial charge in [0.05, 0.1) is 0 Å². The van der Waals surface area contributed by atoms with Crippen LogP contribution in [0.2, 0.25) is 0 Å². The minimum atomic E-state index is -4.00. The van der Waals surface area contributed by atoms with E-state index in [0.717, 1.165) is 0 Å². The molecule has 0 spiro atoms. The molecule has 0 N–H and O–H groups in total. The molecule has 2 fully saturated rings. The third-order valence-electron chi connectivity index (χ3n) is 4.52. The van der Waals surface area contributed by atoms with Gasteiger partial charge in [0.25, 0.3) is 16.0 Å². The zero-order valence-electron chi connectivity index (χ0n) is 16.1. The number of carbonyl (C=O) groups is 3. The lowest BCUT2D eigenvalue weighted by Crippen LogP contribution is -2.66. The fourth-order valence-corrected chi connectivity index (χ4v) is 6.11. The van der Waals surface area contributed by atoms with E-state index in [2.05, 4.69) is 4.74 Å². The fraction of sp³-hybridized carbons (Fsp3) is 0.500. The molecule has 0 radical (unpaired) electrons. The molecule has 0 unspecified atom stereocenters. The smallest absolute Gasteiger partial charge is 0.333 e. The van der Waals surface area contributed by atoms with E-state index in [1.165, 1.54) is 23.6 Å². The molecule has 2 saturated heterocycles. The lowest BCUT2D eigenvalue weighted by atomic mass is 9.97. The molecule has 2 aliphatic heterocycles. The second-order valence-corrected chi connectivity index (χ2v) is 10.5. The highest BCUT2D eigenvalue weighted by Gasteiger charge is 2.65. The maximum Gasteiger partial charge on any atom is 0.333 e. The number of hydrogen-bond donors (Lipinski definition) is 0. The molecule has 11 heteroatoms. The maximum atomic E-state index is 12.6. The number of amides is 1. The molecule has 9 nitrogen and oxygen atoms in total. The third kappa shape index (κ3) is 4.57. The summed E-state index contributed by atoms with van der Waals surface area (Å²) in [5.41, 5.74) is 0.544. The van der Waals surface area contributed by atoms with Gasteiger partial charge in [-0.15, -0.1) is 11.8 Å². The van der Waals surface area contributed by atoms with Crippen molar-refractivity contribution in [1.82, 2.24) is 4.90 Å². The van der Waals surface area contributed by atoms with Gasteiger partial charge in [-0.05, 0) is 19.4 Å². The molecule has 0 bridgehead atoms. The summed E-state index contributed by atoms with van der Waals surface area (Å²) in [6.45, 7) is 4.12. The second kappa shape index (κ2) is 7.96. The number of carbonyl (C=O) groups excluding carboxylic acids is 3. The highest BCUT2D eigenvalue weighted by Crippen LogP contribution is 2.52. The highest BCUT2D eigenvalue weighted by atomic mass is 32.2. The molecule has 3 atom stereocenters. The van der Waals surface area contributed by atoms with Gasteiger partial charge < -0.3 is 14.4 Å². The molecule has 2 aliphatic rings. The first-order valence-electron chi connectivity index (χ1n) is 8.77. The van der Waals surface area contributed by atoms with E-state index in [0.29, 0.717) is 5.56 Å². The van der Waals surface area contributed by atoms with E-state index in [1.807, 2.05) is 0 Å². The molecule has 2 heterocycles. The number of β-lactam (4-membered cyclic amide) rings is 1. The Morgan fingerprint density at radius 3 is 2.45 bits per heavy atom. The van der Waals surface area contributed by atoms with Crippen molar-refractivity contribution in [2.45, 2.75) is 48.8 Å². The molecule has 3 rings (SSSR count). The first-order valence-corrected chi connectivity index (χ1v) is 11.2. The number of benzene rings is 1. The number of hydrogen-bond acceptors (Lipinski definition) is 9. The quantitative estimate of drug-likeness (QED) is 0.264. The number of nitrogens with zero attached hydrogens (tertiary/aromatic N) is 1. The molecule has 1 aromatic carbocycles. The van der Waals surface area contributed by atoms with Crippen LogP contribution in [0, 0.1) is 0 Å². The van der Waals surface area contributed by atoms with Gasteiger partial charge >= 0.3 is 11.9 Å². The summed E-state index contributed by atoms with van der Waals surface area (Å²) in [4.78, 5) is 37.1. The maximum absolute atomic E-state index is 12.6. The Hall–Kier alpha value is -2.11. The molecular formula is C18H21NO8S2. The van der Waals surface area contributed by atoms with Crippen LogP contribution in [0.1, 0.15) is 26.3 Å². The molecule has 29 heavy (non-hydrogen) atoms. The van der Waals surface area contributed by atoms with Crippen molar-refractivity contribution >= 4 is 39.7 Å². The van der Waals surface area contributed by atoms with Crippen LogP contribution in [0.25, 0.3) is 0 Å². The predicted molar refractivity (Wildman–Crippen MR) is 103 cm³/mol. The summed E-state index contributed by atoms with van der Waals surface area (Å²) >= 11 is 1.26. The summed E-state index contributed by atoms with van der Waals surface area (Å²) in [5.74, 6) is -2.29. The Labute approximate surface area is 172 Å². The topological polar surface area (TPSA) is 116 Å². The van der Waals surface area contributed by atoms with Crippen molar-refractivity contribution in [3.8, 4) is 0 Å². The van der Waals surface area contributed by atoms with Crippen molar-refractivity contribution in [2.75, 3.05) is 6.79 Å². The van der Waals surface area contributed by atoms with Crippen LogP contribution in [0.3, 0.4) is 0 Å². The van der Waals surface area contributed by atoms with Crippen LogP contribution < -0.4 is 0 Å². The molecule has 1 aromatic rings. The van der Waals surface area contributed by atoms with Crippen LogP contribution >= 0.6 is 11.8 Å². The van der Waals surface area contributed by atoms with Gasteiger partial charge in [-0.3, -0.25) is 13.8 Å². The van der Waals surface area contributed by atoms with E-state index < -0.39 is 57.0 Å². The van der Waals surface area contributed by atoms with E-state index in [1.54, 1.807) is 44.2 Å². The number of thioether (sulfide) groups is 1. The van der Waals surface area contributed by atoms with Crippen molar-refractivity contribution < 1.29 is 36.5 Å². The average Bonchev–Trinajstić information content (AvgIpc) is 2.88. The number of esters is 2. The molecule has 0 aliphatic carbocycles. The standard InChI is InChI=1S/C18H21NO8S2/c1-11(20)25-10-26-17(22)14-18(2,3)28-16-13(15(21)19(14)16)27-29(23,24)9-12-7-5-4-6-8-12/h4-8,13-14,16H,9-10H2,1-3H3/t13-,14+,16-/m1/s1. The Kier molecular flexibility index (Phi) is 5.93. The summed E-state index contributed by atoms with van der Waals surface area (Å²) in [6, 6.07) is 7.54. The Morgan fingerprint density at radius 1 is 1.17 bits per heavy atom. The molecule has 0 aromatic heterocycles. The Bertz CT molecular complexity index is 915. The van der Waals surface area contributed by atoms with Crippen LogP contribution in [0.5, 0.6) is 0 Å². The predicted octanol–water partition coefficient (Wildman–Crippen LogP) is 1.03. The van der Waals surface area contributed by atoms with Crippen LogP contribution in [-0.4, -0.2) is 60.2 Å². The molecule has 1 amide bonds. The first kappa shape index (κ1) is 21.6. The lowest BCUT2D eigenvalue weighted by Gasteiger charge is -2.42. The van der Waals surface area contributed by atoms with Gasteiger partial charge in [-0.1, -0.05) is 30.3 Å². The van der Waals surface area contributed by atoms with E-state index in [-0.39, 0.29) is 5.75 Å². The van der Waals surface area contributed by atoms with Gasteiger partial charge in [0.15, 0.2) is 6.10 Å². The Morgan fingerprint density at radius 2 is 1.83 bits per heavy atom. The Balaban J connectivity index is 1.67. The second-order valence-electron chi connectivity index (χ2n) is 7.18. The average molecular weight is 443 g/mol. The van der Waals surface area contributed by atoms with E-state index in [9.17, 15) is 22.8 Å². The third-order valence-corrected chi connectivity index (χ3v) is 7.25. The SMILES string of the molecule is CC(=O)OCOC(=O)[C@@H]1N2C(=O)[C@@H](OS(=O)(=O)Cc3ccccc3)[C@H]2SC1(C)C. The van der Waals surface area contributed by atoms with Gasteiger partial charge in [0.1, 0.15) is 17.2 Å². The van der Waals surface area contributed by atoms with Crippen molar-refractivity contribution in [3.63, 3.8) is 0 Å². The first-order chi connectivity index (χ1) is 13.5. The fourth-order valence-electron chi connectivity index (χ4n) is 3.27. The van der Waals surface area contributed by atoms with Crippen molar-refractivity contribution in [2.24, 2.45) is 0 Å². The van der Waals surface area contributed by atoms with Crippen LogP contribution in [0.15, 0.2) is 30.3 Å². The largest absolute Gasteiger partial charge is 0.428 e. The van der Waals surface area contributed by atoms with Gasteiger partial charge in [-0.25, -0.2) is 4.79 Å². The monoisotopic (exact) mass is 443 g/mol. The molecular weight excluding hydrogens is 422 g/mol. The van der Waals surface area contributed by atoms with Crippen LogP contribution in [-0.2, 0) is 43.9 Å². The zero-order valence-corrected chi connectivity index (χ0v) is 17.7. The summed E-state index contributed by atoms with van der Waals surface area (Å²) in [5, 5.41) is -0.630. The summed E-state index contributed by atoms with van der Waals surface area (Å²) in [6.07, 6.45) is -1.20. The molecule has 0 saturated carbocycles. The summed E-state index contributed by atoms with van der Waals surface area (Å²) < 4.78 is 38.7.